The lowest BCUT2D eigenvalue weighted by Crippen LogP contribution is -2.25. The van der Waals surface area contributed by atoms with E-state index in [0.29, 0.717) is 36.8 Å². The maximum atomic E-state index is 13.3. The van der Waals surface area contributed by atoms with Crippen LogP contribution in [0.5, 0.6) is 0 Å². The molecule has 1 aromatic carbocycles. The molecule has 4 N–H and O–H groups in total. The van der Waals surface area contributed by atoms with Gasteiger partial charge in [0, 0.05) is 25.1 Å². The van der Waals surface area contributed by atoms with Gasteiger partial charge in [-0.15, -0.1) is 0 Å². The van der Waals surface area contributed by atoms with Crippen LogP contribution >= 0.6 is 11.6 Å². The zero-order valence-corrected chi connectivity index (χ0v) is 11.3. The fourth-order valence-corrected chi connectivity index (χ4v) is 1.89. The topological polar surface area (TPSA) is 67.1 Å². The first kappa shape index (κ1) is 13.9. The monoisotopic (exact) mass is 285 g/mol. The average molecular weight is 286 g/mol. The number of carbonyl (C=O) groups is 1. The van der Waals surface area contributed by atoms with Crippen molar-refractivity contribution in [2.24, 2.45) is 0 Å². The van der Waals surface area contributed by atoms with Gasteiger partial charge in [-0.05, 0) is 25.3 Å². The van der Waals surface area contributed by atoms with Crippen molar-refractivity contribution < 1.29 is 9.18 Å². The Labute approximate surface area is 116 Å². The van der Waals surface area contributed by atoms with Crippen LogP contribution in [0.25, 0.3) is 0 Å². The molecule has 0 radical (unpaired) electrons. The minimum absolute atomic E-state index is 0.00635. The van der Waals surface area contributed by atoms with E-state index in [1.807, 2.05) is 0 Å². The highest BCUT2D eigenvalue weighted by Gasteiger charge is 2.22. The number of anilines is 2. The predicted octanol–water partition coefficient (Wildman–Crippen LogP) is 2.53. The molecule has 1 fully saturated rings. The van der Waals surface area contributed by atoms with E-state index in [0.717, 1.165) is 12.8 Å². The molecule has 1 saturated carbocycles. The van der Waals surface area contributed by atoms with E-state index in [1.165, 1.54) is 12.1 Å². The van der Waals surface area contributed by atoms with Crippen molar-refractivity contribution in [2.75, 3.05) is 17.6 Å². The summed E-state index contributed by atoms with van der Waals surface area (Å²) in [6.07, 6.45) is 3.30. The Morgan fingerprint density at radius 1 is 1.47 bits per heavy atom. The molecule has 0 heterocycles. The zero-order chi connectivity index (χ0) is 13.8. The lowest BCUT2D eigenvalue weighted by molar-refractivity contribution is -0.121. The van der Waals surface area contributed by atoms with Gasteiger partial charge < -0.3 is 16.4 Å². The Hall–Kier alpha value is -1.49. The van der Waals surface area contributed by atoms with E-state index in [1.54, 1.807) is 0 Å². The summed E-state index contributed by atoms with van der Waals surface area (Å²) in [5, 5.41) is 5.92. The van der Waals surface area contributed by atoms with E-state index in [2.05, 4.69) is 10.6 Å². The maximum absolute atomic E-state index is 13.3. The van der Waals surface area contributed by atoms with Crippen molar-refractivity contribution in [1.29, 1.82) is 0 Å². The number of rotatable bonds is 6. The first-order valence-corrected chi connectivity index (χ1v) is 6.72. The first-order valence-electron chi connectivity index (χ1n) is 6.34. The van der Waals surface area contributed by atoms with Gasteiger partial charge in [0.2, 0.25) is 5.91 Å². The van der Waals surface area contributed by atoms with E-state index in [-0.39, 0.29) is 10.9 Å². The molecule has 1 aliphatic rings. The van der Waals surface area contributed by atoms with Crippen LogP contribution in [0.4, 0.5) is 15.8 Å². The van der Waals surface area contributed by atoms with Crippen molar-refractivity contribution in [3.8, 4) is 0 Å². The summed E-state index contributed by atoms with van der Waals surface area (Å²) in [6.45, 7) is 0.559. The number of hydrogen-bond acceptors (Lipinski definition) is 3. The van der Waals surface area contributed by atoms with E-state index < -0.39 is 5.82 Å². The third-order valence-electron chi connectivity index (χ3n) is 2.93. The molecule has 0 aliphatic heterocycles. The first-order chi connectivity index (χ1) is 9.06. The van der Waals surface area contributed by atoms with Crippen LogP contribution in [-0.2, 0) is 4.79 Å². The van der Waals surface area contributed by atoms with Crippen LogP contribution in [0.15, 0.2) is 12.1 Å². The molecule has 0 saturated heterocycles. The van der Waals surface area contributed by atoms with Gasteiger partial charge in [0.05, 0.1) is 16.4 Å². The molecule has 1 aromatic rings. The van der Waals surface area contributed by atoms with Gasteiger partial charge in [-0.25, -0.2) is 4.39 Å². The highest BCUT2D eigenvalue weighted by Crippen LogP contribution is 2.26. The van der Waals surface area contributed by atoms with Gasteiger partial charge in [0.1, 0.15) is 5.82 Å². The Morgan fingerprint density at radius 3 is 2.89 bits per heavy atom. The van der Waals surface area contributed by atoms with Gasteiger partial charge in [-0.2, -0.15) is 0 Å². The predicted molar refractivity (Wildman–Crippen MR) is 74.7 cm³/mol. The molecular formula is C13H17ClFN3O. The summed E-state index contributed by atoms with van der Waals surface area (Å²) in [5.74, 6) is -0.440. The SMILES string of the molecule is Nc1cc(Cl)c(F)cc1NCCCC(=O)NC1CC1. The number of hydrogen-bond donors (Lipinski definition) is 3. The number of carbonyl (C=O) groups excluding carboxylic acids is 1. The second kappa shape index (κ2) is 6.10. The van der Waals surface area contributed by atoms with Crippen LogP contribution < -0.4 is 16.4 Å². The van der Waals surface area contributed by atoms with Crippen LogP contribution in [0.3, 0.4) is 0 Å². The molecule has 104 valence electrons. The molecule has 0 atom stereocenters. The highest BCUT2D eigenvalue weighted by atomic mass is 35.5. The van der Waals surface area contributed by atoms with Crippen molar-refractivity contribution in [1.82, 2.24) is 5.32 Å². The molecule has 0 spiro atoms. The number of amides is 1. The summed E-state index contributed by atoms with van der Waals surface area (Å²) < 4.78 is 13.3. The standard InChI is InChI=1S/C13H17ClFN3O/c14-9-6-11(16)12(7-10(9)15)17-5-1-2-13(19)18-8-3-4-8/h6-8,17H,1-5,16H2,(H,18,19). The summed E-state index contributed by atoms with van der Waals surface area (Å²) in [6, 6.07) is 3.03. The van der Waals surface area contributed by atoms with Crippen molar-refractivity contribution in [3.05, 3.63) is 23.0 Å². The molecule has 19 heavy (non-hydrogen) atoms. The lowest BCUT2D eigenvalue weighted by atomic mass is 10.2. The fraction of sp³-hybridized carbons (Fsp3) is 0.462. The number of nitrogen functional groups attached to an aromatic ring is 1. The molecule has 1 aliphatic carbocycles. The van der Waals surface area contributed by atoms with Crippen molar-refractivity contribution >= 4 is 28.9 Å². The summed E-state index contributed by atoms with van der Waals surface area (Å²) in [5.41, 5.74) is 6.61. The van der Waals surface area contributed by atoms with Gasteiger partial charge in [0.15, 0.2) is 0 Å². The molecule has 1 amide bonds. The largest absolute Gasteiger partial charge is 0.397 e. The third kappa shape index (κ3) is 4.28. The van der Waals surface area contributed by atoms with E-state index >= 15 is 0 Å². The number of halogens is 2. The van der Waals surface area contributed by atoms with Crippen LogP contribution in [0.1, 0.15) is 25.7 Å². The number of nitrogens with one attached hydrogen (secondary N) is 2. The molecule has 6 heteroatoms. The number of nitrogens with two attached hydrogens (primary N) is 1. The minimum atomic E-state index is -0.509. The Balaban J connectivity index is 1.72. The fourth-order valence-electron chi connectivity index (χ4n) is 1.71. The molecule has 0 bridgehead atoms. The molecule has 2 rings (SSSR count). The third-order valence-corrected chi connectivity index (χ3v) is 3.22. The van der Waals surface area contributed by atoms with Crippen LogP contribution in [-0.4, -0.2) is 18.5 Å². The summed E-state index contributed by atoms with van der Waals surface area (Å²) in [7, 11) is 0. The van der Waals surface area contributed by atoms with Gasteiger partial charge in [0.25, 0.3) is 0 Å². The summed E-state index contributed by atoms with van der Waals surface area (Å²) in [4.78, 5) is 11.4. The van der Waals surface area contributed by atoms with Crippen LogP contribution in [0.2, 0.25) is 5.02 Å². The molecule has 0 aromatic heterocycles. The summed E-state index contributed by atoms with van der Waals surface area (Å²) >= 11 is 5.61. The second-order valence-corrected chi connectivity index (χ2v) is 5.13. The van der Waals surface area contributed by atoms with Crippen molar-refractivity contribution in [2.45, 2.75) is 31.7 Å². The Kier molecular flexibility index (Phi) is 4.47. The smallest absolute Gasteiger partial charge is 0.220 e. The molecule has 4 nitrogen and oxygen atoms in total. The van der Waals surface area contributed by atoms with Crippen molar-refractivity contribution in [3.63, 3.8) is 0 Å². The van der Waals surface area contributed by atoms with E-state index in [4.69, 9.17) is 17.3 Å². The van der Waals surface area contributed by atoms with Gasteiger partial charge in [-0.1, -0.05) is 11.6 Å². The Morgan fingerprint density at radius 2 is 2.21 bits per heavy atom. The second-order valence-electron chi connectivity index (χ2n) is 4.73. The normalized spacial score (nSPS) is 14.2. The quantitative estimate of drug-likeness (QED) is 0.556. The highest BCUT2D eigenvalue weighted by molar-refractivity contribution is 6.31. The minimum Gasteiger partial charge on any atom is -0.397 e. The van der Waals surface area contributed by atoms with Crippen LogP contribution in [0, 0.1) is 5.82 Å². The van der Waals surface area contributed by atoms with Gasteiger partial charge >= 0.3 is 0 Å². The lowest BCUT2D eigenvalue weighted by Gasteiger charge is -2.10. The Bertz CT molecular complexity index is 477. The molecular weight excluding hydrogens is 269 g/mol. The maximum Gasteiger partial charge on any atom is 0.220 e. The average Bonchev–Trinajstić information content (AvgIpc) is 3.14. The van der Waals surface area contributed by atoms with Gasteiger partial charge in [-0.3, -0.25) is 4.79 Å². The number of benzene rings is 1. The zero-order valence-electron chi connectivity index (χ0n) is 10.5. The van der Waals surface area contributed by atoms with E-state index in [9.17, 15) is 9.18 Å². The molecule has 0 unspecified atom stereocenters.